The summed E-state index contributed by atoms with van der Waals surface area (Å²) in [7, 11) is 0. The molecule has 0 amide bonds. The Morgan fingerprint density at radius 3 is 2.58 bits per heavy atom. The van der Waals surface area contributed by atoms with Crippen molar-refractivity contribution in [1.82, 2.24) is 4.98 Å². The maximum atomic E-state index is 12.9. The van der Waals surface area contributed by atoms with Crippen LogP contribution in [0.4, 0.5) is 19.0 Å². The number of hydrogen-bond donors (Lipinski definition) is 1. The molecule has 31 heavy (non-hydrogen) atoms. The zero-order valence-corrected chi connectivity index (χ0v) is 16.7. The molecule has 1 unspecified atom stereocenters. The van der Waals surface area contributed by atoms with Gasteiger partial charge in [0.1, 0.15) is 5.82 Å². The Morgan fingerprint density at radius 1 is 1.23 bits per heavy atom. The van der Waals surface area contributed by atoms with Gasteiger partial charge in [0.25, 0.3) is 0 Å². The predicted molar refractivity (Wildman–Crippen MR) is 106 cm³/mol. The third-order valence-corrected chi connectivity index (χ3v) is 5.83. The smallest absolute Gasteiger partial charge is 0.416 e. The molecule has 2 fully saturated rings. The van der Waals surface area contributed by atoms with Crippen molar-refractivity contribution in [3.8, 4) is 0 Å². The highest BCUT2D eigenvalue weighted by molar-refractivity contribution is 5.87. The first-order chi connectivity index (χ1) is 14.8. The van der Waals surface area contributed by atoms with E-state index in [1.807, 2.05) is 4.90 Å². The molecule has 0 aliphatic carbocycles. The highest BCUT2D eigenvalue weighted by Gasteiger charge is 2.36. The van der Waals surface area contributed by atoms with E-state index in [2.05, 4.69) is 4.98 Å². The van der Waals surface area contributed by atoms with Gasteiger partial charge in [-0.2, -0.15) is 13.2 Å². The Morgan fingerprint density at radius 2 is 2.00 bits per heavy atom. The zero-order chi connectivity index (χ0) is 22.0. The van der Waals surface area contributed by atoms with Gasteiger partial charge in [-0.15, -0.1) is 0 Å². The van der Waals surface area contributed by atoms with Crippen LogP contribution >= 0.6 is 0 Å². The molecule has 6 nitrogen and oxygen atoms in total. The molecule has 0 saturated carbocycles. The van der Waals surface area contributed by atoms with Gasteiger partial charge < -0.3 is 19.5 Å². The molecule has 2 aliphatic rings. The number of carbonyl (C=O) groups is 1. The van der Waals surface area contributed by atoms with Crippen LogP contribution in [0.15, 0.2) is 42.6 Å². The molecule has 2 aliphatic heterocycles. The van der Waals surface area contributed by atoms with Gasteiger partial charge in [0.05, 0.1) is 36.5 Å². The Balaban J connectivity index is 1.52. The van der Waals surface area contributed by atoms with Crippen LogP contribution in [0.25, 0.3) is 0 Å². The number of halogens is 3. The molecule has 166 valence electrons. The summed E-state index contributed by atoms with van der Waals surface area (Å²) in [6.07, 6.45) is -1.49. The highest BCUT2D eigenvalue weighted by Crippen LogP contribution is 2.36. The summed E-state index contributed by atoms with van der Waals surface area (Å²) in [4.78, 5) is 17.5. The van der Waals surface area contributed by atoms with Crippen LogP contribution in [0.5, 0.6) is 0 Å². The maximum absolute atomic E-state index is 12.9. The number of rotatable bonds is 6. The van der Waals surface area contributed by atoms with Crippen molar-refractivity contribution in [2.45, 2.75) is 37.1 Å². The second-order valence-corrected chi connectivity index (χ2v) is 7.89. The number of nitrogens with zero attached hydrogens (tertiary/aromatic N) is 2. The topological polar surface area (TPSA) is 71.9 Å². The van der Waals surface area contributed by atoms with Crippen molar-refractivity contribution in [2.75, 3.05) is 31.3 Å². The molecular formula is C22H23F3N2O4. The Kier molecular flexibility index (Phi) is 6.15. The Hall–Kier alpha value is -2.65. The number of benzene rings is 1. The maximum Gasteiger partial charge on any atom is 0.416 e. The SMILES string of the molecule is O=C(O)c1ccc(N2CC(c3ccc(C(F)(F)F)cc3)C[C@H]2CO[C@H]2CCOC2)nc1. The van der Waals surface area contributed by atoms with E-state index in [9.17, 15) is 18.0 Å². The van der Waals surface area contributed by atoms with Gasteiger partial charge in [0, 0.05) is 25.3 Å². The summed E-state index contributed by atoms with van der Waals surface area (Å²) in [6.45, 7) is 2.22. The Bertz CT molecular complexity index is 896. The number of alkyl halides is 3. The molecular weight excluding hydrogens is 413 g/mol. The number of anilines is 1. The van der Waals surface area contributed by atoms with Crippen molar-refractivity contribution in [2.24, 2.45) is 0 Å². The minimum absolute atomic E-state index is 0.0108. The number of ether oxygens (including phenoxy) is 2. The van der Waals surface area contributed by atoms with Crippen LogP contribution in [0.2, 0.25) is 0 Å². The Labute approximate surface area is 177 Å². The van der Waals surface area contributed by atoms with E-state index in [1.165, 1.54) is 24.4 Å². The van der Waals surface area contributed by atoms with Gasteiger partial charge in [0.2, 0.25) is 0 Å². The number of carboxylic acid groups (broad SMARTS) is 1. The van der Waals surface area contributed by atoms with Gasteiger partial charge in [-0.25, -0.2) is 9.78 Å². The highest BCUT2D eigenvalue weighted by atomic mass is 19.4. The average Bonchev–Trinajstić information content (AvgIpc) is 3.42. The van der Waals surface area contributed by atoms with Crippen LogP contribution in [-0.4, -0.2) is 54.6 Å². The number of carboxylic acids is 1. The summed E-state index contributed by atoms with van der Waals surface area (Å²) in [6, 6.07) is 8.40. The van der Waals surface area contributed by atoms with Crippen LogP contribution in [0, 0.1) is 0 Å². The van der Waals surface area contributed by atoms with Crippen molar-refractivity contribution < 1.29 is 32.5 Å². The monoisotopic (exact) mass is 436 g/mol. The van der Waals surface area contributed by atoms with Crippen molar-refractivity contribution in [3.05, 3.63) is 59.3 Å². The molecule has 1 N–H and O–H groups in total. The lowest BCUT2D eigenvalue weighted by atomic mass is 9.95. The molecule has 1 aromatic carbocycles. The van der Waals surface area contributed by atoms with Crippen LogP contribution in [-0.2, 0) is 15.7 Å². The summed E-state index contributed by atoms with van der Waals surface area (Å²) in [5.41, 5.74) is 0.253. The lowest BCUT2D eigenvalue weighted by molar-refractivity contribution is -0.137. The third-order valence-electron chi connectivity index (χ3n) is 5.83. The molecule has 3 atom stereocenters. The average molecular weight is 436 g/mol. The molecule has 1 aromatic heterocycles. The molecule has 9 heteroatoms. The minimum atomic E-state index is -4.37. The molecule has 2 saturated heterocycles. The van der Waals surface area contributed by atoms with Crippen LogP contribution in [0.3, 0.4) is 0 Å². The quantitative estimate of drug-likeness (QED) is 0.739. The largest absolute Gasteiger partial charge is 0.478 e. The fourth-order valence-corrected chi connectivity index (χ4v) is 4.12. The van der Waals surface area contributed by atoms with Crippen molar-refractivity contribution in [1.29, 1.82) is 0 Å². The standard InChI is InChI=1S/C22H23F3N2O4/c23-22(24,25)17-4-1-14(2-5-17)16-9-18(12-31-19-7-8-30-13-19)27(11-16)20-6-3-15(10-26-20)21(28)29/h1-6,10,16,18-19H,7-9,11-13H2,(H,28,29)/t16?,18-,19-/m0/s1. The van der Waals surface area contributed by atoms with Gasteiger partial charge in [0.15, 0.2) is 0 Å². The summed E-state index contributed by atoms with van der Waals surface area (Å²) in [5, 5.41) is 9.10. The minimum Gasteiger partial charge on any atom is -0.478 e. The second-order valence-electron chi connectivity index (χ2n) is 7.89. The number of aromatic nitrogens is 1. The van der Waals surface area contributed by atoms with E-state index < -0.39 is 17.7 Å². The van der Waals surface area contributed by atoms with E-state index >= 15 is 0 Å². The van der Waals surface area contributed by atoms with Crippen molar-refractivity contribution in [3.63, 3.8) is 0 Å². The molecule has 4 rings (SSSR count). The van der Waals surface area contributed by atoms with Gasteiger partial charge in [-0.05, 0) is 42.7 Å². The van der Waals surface area contributed by atoms with Crippen LogP contribution < -0.4 is 4.90 Å². The van der Waals surface area contributed by atoms with Crippen molar-refractivity contribution >= 4 is 11.8 Å². The van der Waals surface area contributed by atoms with E-state index in [0.717, 1.165) is 24.1 Å². The van der Waals surface area contributed by atoms with E-state index in [0.29, 0.717) is 38.6 Å². The lowest BCUT2D eigenvalue weighted by Crippen LogP contribution is -2.35. The molecule has 0 bridgehead atoms. The molecule has 3 heterocycles. The molecule has 2 aromatic rings. The fourth-order valence-electron chi connectivity index (χ4n) is 4.12. The number of hydrogen-bond acceptors (Lipinski definition) is 5. The van der Waals surface area contributed by atoms with Gasteiger partial charge >= 0.3 is 12.1 Å². The first kappa shape index (κ1) is 21.6. The molecule has 0 radical (unpaired) electrons. The van der Waals surface area contributed by atoms with E-state index in [4.69, 9.17) is 14.6 Å². The second kappa shape index (κ2) is 8.84. The predicted octanol–water partition coefficient (Wildman–Crippen LogP) is 3.97. The third kappa shape index (κ3) is 4.99. The summed E-state index contributed by atoms with van der Waals surface area (Å²) < 4.78 is 50.0. The fraction of sp³-hybridized carbons (Fsp3) is 0.455. The van der Waals surface area contributed by atoms with Gasteiger partial charge in [-0.3, -0.25) is 0 Å². The van der Waals surface area contributed by atoms with E-state index in [1.54, 1.807) is 6.07 Å². The number of aromatic carboxylic acids is 1. The first-order valence-electron chi connectivity index (χ1n) is 10.1. The van der Waals surface area contributed by atoms with Gasteiger partial charge in [-0.1, -0.05) is 12.1 Å². The number of pyridine rings is 1. The van der Waals surface area contributed by atoms with E-state index in [-0.39, 0.29) is 23.6 Å². The first-order valence-corrected chi connectivity index (χ1v) is 10.1. The summed E-state index contributed by atoms with van der Waals surface area (Å²) >= 11 is 0. The molecule has 0 spiro atoms. The lowest BCUT2D eigenvalue weighted by Gasteiger charge is -2.26. The zero-order valence-electron chi connectivity index (χ0n) is 16.7. The van der Waals surface area contributed by atoms with Crippen LogP contribution in [0.1, 0.15) is 40.2 Å². The normalized spacial score (nSPS) is 24.0. The summed E-state index contributed by atoms with van der Waals surface area (Å²) in [5.74, 6) is -0.420.